The fourth-order valence-electron chi connectivity index (χ4n) is 2.80. The maximum absolute atomic E-state index is 12.3. The molecular weight excluding hydrogens is 342 g/mol. The number of H-pyrrole nitrogens is 1. The predicted molar refractivity (Wildman–Crippen MR) is 92.6 cm³/mol. The van der Waals surface area contributed by atoms with E-state index in [0.717, 1.165) is 0 Å². The SMILES string of the molecule is [2H]C([2H])(C)[C@H]1O[C@@H](n2cnc3c(=O)[nH]c(NC(=O)C(C)C)nc32)C(OC)[C@H]1O. The summed E-state index contributed by atoms with van der Waals surface area (Å²) in [4.78, 5) is 35.0. The Hall–Kier alpha value is -2.30. The molecule has 1 fully saturated rings. The van der Waals surface area contributed by atoms with Crippen molar-refractivity contribution < 1.29 is 22.1 Å². The number of aliphatic hydroxyl groups excluding tert-OH is 1. The molecule has 0 bridgehead atoms. The molecular formula is C16H23N5O5. The molecule has 142 valence electrons. The van der Waals surface area contributed by atoms with Gasteiger partial charge in [-0.2, -0.15) is 4.98 Å². The highest BCUT2D eigenvalue weighted by molar-refractivity contribution is 5.91. The summed E-state index contributed by atoms with van der Waals surface area (Å²) in [6, 6.07) is 0. The number of aliphatic hydroxyl groups is 1. The summed E-state index contributed by atoms with van der Waals surface area (Å²) in [5, 5.41) is 13.0. The number of amides is 1. The van der Waals surface area contributed by atoms with Crippen LogP contribution in [0.25, 0.3) is 11.2 Å². The molecule has 2 aromatic rings. The Morgan fingerprint density at radius 1 is 1.62 bits per heavy atom. The minimum atomic E-state index is -1.83. The first kappa shape index (κ1) is 15.9. The van der Waals surface area contributed by atoms with Gasteiger partial charge in [0, 0.05) is 15.8 Å². The first-order valence-corrected chi connectivity index (χ1v) is 8.18. The molecule has 1 saturated heterocycles. The lowest BCUT2D eigenvalue weighted by atomic mass is 10.1. The summed E-state index contributed by atoms with van der Waals surface area (Å²) in [5.41, 5.74) is -0.435. The van der Waals surface area contributed by atoms with E-state index in [2.05, 4.69) is 20.3 Å². The Labute approximate surface area is 152 Å². The van der Waals surface area contributed by atoms with Crippen molar-refractivity contribution in [3.8, 4) is 0 Å². The summed E-state index contributed by atoms with van der Waals surface area (Å²) in [6.07, 6.45) is -4.79. The van der Waals surface area contributed by atoms with E-state index in [-0.39, 0.29) is 28.9 Å². The molecule has 0 saturated carbocycles. The topological polar surface area (TPSA) is 131 Å². The number of methoxy groups -OCH3 is 1. The molecule has 1 aliphatic heterocycles. The van der Waals surface area contributed by atoms with Gasteiger partial charge in [-0.25, -0.2) is 4.98 Å². The van der Waals surface area contributed by atoms with Crippen LogP contribution < -0.4 is 10.9 Å². The maximum atomic E-state index is 12.3. The molecule has 0 spiro atoms. The first-order valence-electron chi connectivity index (χ1n) is 9.18. The molecule has 10 nitrogen and oxygen atoms in total. The third-order valence-electron chi connectivity index (χ3n) is 4.24. The zero-order valence-corrected chi connectivity index (χ0v) is 14.9. The van der Waals surface area contributed by atoms with E-state index in [9.17, 15) is 14.7 Å². The van der Waals surface area contributed by atoms with Crippen molar-refractivity contribution >= 4 is 23.0 Å². The van der Waals surface area contributed by atoms with Crippen molar-refractivity contribution in [2.75, 3.05) is 12.4 Å². The lowest BCUT2D eigenvalue weighted by molar-refractivity contribution is -0.118. The smallest absolute Gasteiger partial charge is 0.280 e. The quantitative estimate of drug-likeness (QED) is 0.697. The van der Waals surface area contributed by atoms with Crippen LogP contribution in [0.2, 0.25) is 0 Å². The lowest BCUT2D eigenvalue weighted by Gasteiger charge is -2.20. The summed E-state index contributed by atoms with van der Waals surface area (Å²) in [7, 11) is 1.37. The normalized spacial score (nSPS) is 27.6. The Kier molecular flexibility index (Phi) is 4.37. The molecule has 3 rings (SSSR count). The lowest BCUT2D eigenvalue weighted by Crippen LogP contribution is -2.33. The predicted octanol–water partition coefficient (Wildman–Crippen LogP) is 0.397. The van der Waals surface area contributed by atoms with Crippen LogP contribution in [-0.4, -0.2) is 56.0 Å². The number of aromatic amines is 1. The van der Waals surface area contributed by atoms with Crippen LogP contribution in [0, 0.1) is 5.92 Å². The number of anilines is 1. The molecule has 1 amide bonds. The van der Waals surface area contributed by atoms with E-state index in [1.165, 1.54) is 24.9 Å². The van der Waals surface area contributed by atoms with Crippen molar-refractivity contribution in [2.45, 2.75) is 51.7 Å². The Morgan fingerprint density at radius 3 is 2.96 bits per heavy atom. The Bertz CT molecular complexity index is 938. The molecule has 0 aliphatic carbocycles. The van der Waals surface area contributed by atoms with E-state index >= 15 is 0 Å². The van der Waals surface area contributed by atoms with Gasteiger partial charge in [0.05, 0.1) is 12.4 Å². The standard InChI is InChI=1S/C16H23N5O5/c1-5-8-10(22)11(25-4)15(26-8)21-6-17-9-12(21)18-16(20-14(9)24)19-13(23)7(2)3/h6-8,10-11,15,22H,5H2,1-4H3,(H2,18,19,20,23,24)/t8-,10+,11?,15-/m1/s1/i5D2. The fraction of sp³-hybridized carbons (Fsp3) is 0.625. The van der Waals surface area contributed by atoms with Crippen molar-refractivity contribution in [3.63, 3.8) is 0 Å². The van der Waals surface area contributed by atoms with Gasteiger partial charge in [-0.1, -0.05) is 20.8 Å². The number of rotatable bonds is 5. The summed E-state index contributed by atoms with van der Waals surface area (Å²) < 4.78 is 28.2. The van der Waals surface area contributed by atoms with E-state index < -0.39 is 36.5 Å². The van der Waals surface area contributed by atoms with Gasteiger partial charge < -0.3 is 14.6 Å². The molecule has 0 radical (unpaired) electrons. The highest BCUT2D eigenvalue weighted by atomic mass is 16.6. The van der Waals surface area contributed by atoms with Crippen molar-refractivity contribution in [1.29, 1.82) is 0 Å². The van der Waals surface area contributed by atoms with E-state index in [1.54, 1.807) is 13.8 Å². The van der Waals surface area contributed by atoms with Crippen LogP contribution in [0.1, 0.15) is 36.1 Å². The number of nitrogens with zero attached hydrogens (tertiary/aromatic N) is 3. The van der Waals surface area contributed by atoms with Crippen molar-refractivity contribution in [3.05, 3.63) is 16.7 Å². The number of imidazole rings is 1. The van der Waals surface area contributed by atoms with Gasteiger partial charge in [-0.15, -0.1) is 0 Å². The monoisotopic (exact) mass is 367 g/mol. The van der Waals surface area contributed by atoms with Crippen LogP contribution in [-0.2, 0) is 14.3 Å². The van der Waals surface area contributed by atoms with Gasteiger partial charge in [0.15, 0.2) is 17.4 Å². The van der Waals surface area contributed by atoms with E-state index in [4.69, 9.17) is 12.2 Å². The molecule has 1 unspecified atom stereocenters. The van der Waals surface area contributed by atoms with Crippen LogP contribution in [0.4, 0.5) is 5.95 Å². The second kappa shape index (κ2) is 7.14. The first-order chi connectivity index (χ1) is 13.0. The average Bonchev–Trinajstić information content (AvgIpc) is 3.15. The van der Waals surface area contributed by atoms with Crippen LogP contribution >= 0.6 is 0 Å². The number of aromatic nitrogens is 4. The second-order valence-electron chi connectivity index (χ2n) is 6.31. The number of hydrogen-bond acceptors (Lipinski definition) is 7. The Morgan fingerprint density at radius 2 is 2.35 bits per heavy atom. The largest absolute Gasteiger partial charge is 0.388 e. The van der Waals surface area contributed by atoms with E-state index in [0.29, 0.717) is 0 Å². The number of hydrogen-bond donors (Lipinski definition) is 3. The molecule has 1 aliphatic rings. The van der Waals surface area contributed by atoms with Crippen LogP contribution in [0.3, 0.4) is 0 Å². The Balaban J connectivity index is 2.04. The van der Waals surface area contributed by atoms with Gasteiger partial charge in [0.25, 0.3) is 5.56 Å². The third kappa shape index (κ3) is 3.11. The molecule has 4 atom stereocenters. The molecule has 2 aromatic heterocycles. The van der Waals surface area contributed by atoms with Gasteiger partial charge in [-0.3, -0.25) is 24.5 Å². The fourth-order valence-corrected chi connectivity index (χ4v) is 2.80. The highest BCUT2D eigenvalue weighted by Gasteiger charge is 2.44. The van der Waals surface area contributed by atoms with Gasteiger partial charge in [-0.05, 0) is 6.37 Å². The number of carbonyl (C=O) groups excluding carboxylic acids is 1. The van der Waals surface area contributed by atoms with E-state index in [1.807, 2.05) is 0 Å². The zero-order valence-electron chi connectivity index (χ0n) is 16.9. The van der Waals surface area contributed by atoms with Crippen LogP contribution in [0.5, 0.6) is 0 Å². The minimum absolute atomic E-state index is 0.0125. The van der Waals surface area contributed by atoms with Gasteiger partial charge in [0.2, 0.25) is 11.9 Å². The van der Waals surface area contributed by atoms with Crippen LogP contribution in [0.15, 0.2) is 11.1 Å². The second-order valence-corrected chi connectivity index (χ2v) is 6.31. The zero-order chi connectivity index (χ0) is 20.8. The maximum Gasteiger partial charge on any atom is 0.280 e. The average molecular weight is 367 g/mol. The minimum Gasteiger partial charge on any atom is -0.388 e. The van der Waals surface area contributed by atoms with Crippen molar-refractivity contribution in [1.82, 2.24) is 19.5 Å². The van der Waals surface area contributed by atoms with Gasteiger partial charge in [0.1, 0.15) is 12.2 Å². The summed E-state index contributed by atoms with van der Waals surface area (Å²) in [5.74, 6) is -0.687. The molecule has 26 heavy (non-hydrogen) atoms. The van der Waals surface area contributed by atoms with Crippen molar-refractivity contribution in [2.24, 2.45) is 5.92 Å². The molecule has 10 heteroatoms. The van der Waals surface area contributed by atoms with Gasteiger partial charge >= 0.3 is 0 Å². The molecule has 3 heterocycles. The number of nitrogens with one attached hydrogen (secondary N) is 2. The number of ether oxygens (including phenoxy) is 2. The molecule has 3 N–H and O–H groups in total. The summed E-state index contributed by atoms with van der Waals surface area (Å²) >= 11 is 0. The summed E-state index contributed by atoms with van der Waals surface area (Å²) in [6.45, 7) is 4.70. The number of fused-ring (bicyclic) bond motifs is 1. The third-order valence-corrected chi connectivity index (χ3v) is 4.24. The highest BCUT2D eigenvalue weighted by Crippen LogP contribution is 2.34. The number of carbonyl (C=O) groups is 1. The molecule has 0 aromatic carbocycles.